The van der Waals surface area contributed by atoms with Crippen LogP contribution < -0.4 is 5.32 Å². The number of rotatable bonds is 5. The van der Waals surface area contributed by atoms with E-state index in [1.165, 1.54) is 5.56 Å². The summed E-state index contributed by atoms with van der Waals surface area (Å²) in [5.74, 6) is 0. The Morgan fingerprint density at radius 2 is 2.00 bits per heavy atom. The number of hydrogen-bond acceptors (Lipinski definition) is 3. The molecule has 0 unspecified atom stereocenters. The highest BCUT2D eigenvalue weighted by molar-refractivity contribution is 9.10. The van der Waals surface area contributed by atoms with Crippen LogP contribution in [0.3, 0.4) is 0 Å². The lowest BCUT2D eigenvalue weighted by Crippen LogP contribution is -2.19. The van der Waals surface area contributed by atoms with Gasteiger partial charge in [0.25, 0.3) is 0 Å². The average Bonchev–Trinajstić information content (AvgIpc) is 2.80. The quantitative estimate of drug-likeness (QED) is 0.860. The minimum Gasteiger partial charge on any atom is -0.311 e. The number of benzene rings is 1. The van der Waals surface area contributed by atoms with Crippen molar-refractivity contribution in [3.63, 3.8) is 0 Å². The Hall–Kier alpha value is -0.910. The zero-order valence-corrected chi connectivity index (χ0v) is 11.6. The third-order valence-electron chi connectivity index (χ3n) is 2.23. The smallest absolute Gasteiger partial charge is 0.137 e. The Morgan fingerprint density at radius 1 is 1.24 bits per heavy atom. The van der Waals surface area contributed by atoms with Crippen LogP contribution >= 0.6 is 28.3 Å². The molecule has 0 aliphatic carbocycles. The molecule has 2 rings (SSSR count). The Morgan fingerprint density at radius 3 is 2.65 bits per heavy atom. The molecule has 0 bridgehead atoms. The molecule has 6 heteroatoms. The van der Waals surface area contributed by atoms with Gasteiger partial charge < -0.3 is 5.32 Å². The van der Waals surface area contributed by atoms with Gasteiger partial charge in [-0.25, -0.2) is 4.98 Å². The molecule has 0 radical (unpaired) electrons. The first-order valence-electron chi connectivity index (χ1n) is 5.12. The fourth-order valence-corrected chi connectivity index (χ4v) is 1.64. The molecular weight excluding hydrogens is 304 g/mol. The molecule has 0 saturated heterocycles. The van der Waals surface area contributed by atoms with Crippen LogP contribution in [-0.4, -0.2) is 21.3 Å². The monoisotopic (exact) mass is 316 g/mol. The van der Waals surface area contributed by atoms with Crippen molar-refractivity contribution in [1.29, 1.82) is 0 Å². The molecule has 17 heavy (non-hydrogen) atoms. The van der Waals surface area contributed by atoms with E-state index in [0.29, 0.717) is 0 Å². The number of hydrogen-bond donors (Lipinski definition) is 1. The van der Waals surface area contributed by atoms with E-state index in [-0.39, 0.29) is 12.4 Å². The number of aromatic nitrogens is 3. The van der Waals surface area contributed by atoms with E-state index >= 15 is 0 Å². The predicted octanol–water partition coefficient (Wildman–Crippen LogP) is 2.25. The molecule has 1 aromatic heterocycles. The van der Waals surface area contributed by atoms with E-state index in [1.807, 2.05) is 4.68 Å². The van der Waals surface area contributed by atoms with Crippen molar-refractivity contribution in [2.45, 2.75) is 13.1 Å². The summed E-state index contributed by atoms with van der Waals surface area (Å²) in [6.07, 6.45) is 3.27. The lowest BCUT2D eigenvalue weighted by molar-refractivity contribution is 0.554. The number of nitrogens with zero attached hydrogens (tertiary/aromatic N) is 3. The maximum Gasteiger partial charge on any atom is 0.137 e. The van der Waals surface area contributed by atoms with E-state index in [2.05, 4.69) is 55.6 Å². The van der Waals surface area contributed by atoms with Crippen LogP contribution in [0.15, 0.2) is 41.4 Å². The van der Waals surface area contributed by atoms with Gasteiger partial charge >= 0.3 is 0 Å². The predicted molar refractivity (Wildman–Crippen MR) is 73.1 cm³/mol. The number of halogens is 2. The summed E-state index contributed by atoms with van der Waals surface area (Å²) >= 11 is 3.41. The molecule has 0 aliphatic rings. The van der Waals surface area contributed by atoms with Gasteiger partial charge in [0.05, 0.1) is 6.54 Å². The largest absolute Gasteiger partial charge is 0.311 e. The first kappa shape index (κ1) is 14.2. The van der Waals surface area contributed by atoms with Crippen LogP contribution in [0.4, 0.5) is 0 Å². The maximum atomic E-state index is 4.03. The van der Waals surface area contributed by atoms with Crippen molar-refractivity contribution in [2.24, 2.45) is 0 Å². The molecule has 0 amide bonds. The summed E-state index contributed by atoms with van der Waals surface area (Å²) in [7, 11) is 0. The second-order valence-corrected chi connectivity index (χ2v) is 4.38. The van der Waals surface area contributed by atoms with E-state index in [0.717, 1.165) is 24.1 Å². The van der Waals surface area contributed by atoms with Crippen LogP contribution in [0.5, 0.6) is 0 Å². The van der Waals surface area contributed by atoms with Gasteiger partial charge in [-0.1, -0.05) is 28.1 Å². The Labute approximate surface area is 115 Å². The molecule has 92 valence electrons. The molecule has 0 spiro atoms. The zero-order chi connectivity index (χ0) is 11.2. The second-order valence-electron chi connectivity index (χ2n) is 3.46. The highest BCUT2D eigenvalue weighted by atomic mass is 79.9. The van der Waals surface area contributed by atoms with Gasteiger partial charge in [0, 0.05) is 17.6 Å². The van der Waals surface area contributed by atoms with E-state index in [1.54, 1.807) is 12.7 Å². The van der Waals surface area contributed by atoms with Crippen molar-refractivity contribution < 1.29 is 0 Å². The van der Waals surface area contributed by atoms with Crippen LogP contribution in [0.2, 0.25) is 0 Å². The molecule has 0 fully saturated rings. The Bertz CT molecular complexity index is 416. The van der Waals surface area contributed by atoms with Gasteiger partial charge in [0.15, 0.2) is 0 Å². The fourth-order valence-electron chi connectivity index (χ4n) is 1.38. The van der Waals surface area contributed by atoms with E-state index in [4.69, 9.17) is 0 Å². The lowest BCUT2D eigenvalue weighted by Gasteiger charge is -2.04. The summed E-state index contributed by atoms with van der Waals surface area (Å²) < 4.78 is 2.92. The van der Waals surface area contributed by atoms with Crippen LogP contribution in [-0.2, 0) is 13.1 Å². The van der Waals surface area contributed by atoms with Crippen molar-refractivity contribution in [3.05, 3.63) is 47.0 Å². The molecule has 0 aliphatic heterocycles. The van der Waals surface area contributed by atoms with Gasteiger partial charge in [0.2, 0.25) is 0 Å². The topological polar surface area (TPSA) is 42.7 Å². The van der Waals surface area contributed by atoms with Crippen molar-refractivity contribution >= 4 is 28.3 Å². The normalized spacial score (nSPS) is 9.94. The average molecular weight is 318 g/mol. The van der Waals surface area contributed by atoms with E-state index < -0.39 is 0 Å². The molecule has 1 aromatic carbocycles. The Balaban J connectivity index is 0.00000144. The van der Waals surface area contributed by atoms with Gasteiger partial charge in [-0.15, -0.1) is 12.4 Å². The molecular formula is C11H14BrClN4. The lowest BCUT2D eigenvalue weighted by atomic mass is 10.2. The second kappa shape index (κ2) is 7.42. The van der Waals surface area contributed by atoms with Gasteiger partial charge in [-0.05, 0) is 17.7 Å². The standard InChI is InChI=1S/C11H13BrN4.ClH/c12-11-3-1-10(2-4-11)7-13-5-6-16-9-14-8-15-16;/h1-4,8-9,13H,5-7H2;1H. The minimum absolute atomic E-state index is 0. The zero-order valence-electron chi connectivity index (χ0n) is 9.21. The summed E-state index contributed by atoms with van der Waals surface area (Å²) in [5.41, 5.74) is 1.28. The van der Waals surface area contributed by atoms with Crippen molar-refractivity contribution in [3.8, 4) is 0 Å². The molecule has 1 heterocycles. The molecule has 2 aromatic rings. The Kier molecular flexibility index (Phi) is 6.18. The molecule has 0 saturated carbocycles. The van der Waals surface area contributed by atoms with Crippen molar-refractivity contribution in [2.75, 3.05) is 6.54 Å². The first-order chi connectivity index (χ1) is 7.84. The summed E-state index contributed by atoms with van der Waals surface area (Å²) in [6.45, 7) is 2.61. The van der Waals surface area contributed by atoms with Crippen LogP contribution in [0, 0.1) is 0 Å². The van der Waals surface area contributed by atoms with Crippen LogP contribution in [0.25, 0.3) is 0 Å². The molecule has 4 nitrogen and oxygen atoms in total. The summed E-state index contributed by atoms with van der Waals surface area (Å²) in [6, 6.07) is 8.31. The number of nitrogens with one attached hydrogen (secondary N) is 1. The molecule has 1 N–H and O–H groups in total. The SMILES string of the molecule is Brc1ccc(CNCCn2cncn2)cc1.Cl. The highest BCUT2D eigenvalue weighted by Crippen LogP contribution is 2.09. The summed E-state index contributed by atoms with van der Waals surface area (Å²) in [4.78, 5) is 3.89. The summed E-state index contributed by atoms with van der Waals surface area (Å²) in [5, 5.41) is 7.39. The maximum absolute atomic E-state index is 4.03. The van der Waals surface area contributed by atoms with Crippen molar-refractivity contribution in [1.82, 2.24) is 20.1 Å². The first-order valence-corrected chi connectivity index (χ1v) is 5.91. The fraction of sp³-hybridized carbons (Fsp3) is 0.273. The van der Waals surface area contributed by atoms with E-state index in [9.17, 15) is 0 Å². The van der Waals surface area contributed by atoms with Crippen LogP contribution in [0.1, 0.15) is 5.56 Å². The highest BCUT2D eigenvalue weighted by Gasteiger charge is 1.94. The van der Waals surface area contributed by atoms with Gasteiger partial charge in [0.1, 0.15) is 12.7 Å². The molecule has 0 atom stereocenters. The third-order valence-corrected chi connectivity index (χ3v) is 2.76. The minimum atomic E-state index is 0. The van der Waals surface area contributed by atoms with Gasteiger partial charge in [-0.2, -0.15) is 5.10 Å². The van der Waals surface area contributed by atoms with Gasteiger partial charge in [-0.3, -0.25) is 4.68 Å². The third kappa shape index (κ3) is 4.85.